The Labute approximate surface area is 233 Å². The Morgan fingerprint density at radius 2 is 2.00 bits per heavy atom. The van der Waals surface area contributed by atoms with Crippen molar-refractivity contribution < 1.29 is 27.4 Å². The zero-order valence-electron chi connectivity index (χ0n) is 22.3. The molecule has 1 amide bonds. The molecule has 6 rings (SSSR count). The molecule has 210 valence electrons. The molecule has 0 spiro atoms. The Morgan fingerprint density at radius 1 is 1.12 bits per heavy atom. The first-order valence-corrected chi connectivity index (χ1v) is 15.4. The summed E-state index contributed by atoms with van der Waals surface area (Å²) in [6.07, 6.45) is 9.10. The van der Waals surface area contributed by atoms with Crippen molar-refractivity contribution in [3.05, 3.63) is 83.4 Å². The molecule has 1 aromatic heterocycles. The summed E-state index contributed by atoms with van der Waals surface area (Å²) in [5.74, 6) is 0.714. The van der Waals surface area contributed by atoms with Gasteiger partial charge in [0.2, 0.25) is 0 Å². The number of amides is 1. The molecule has 2 atom stereocenters. The second-order valence-corrected chi connectivity index (χ2v) is 12.5. The Morgan fingerprint density at radius 3 is 2.83 bits per heavy atom. The van der Waals surface area contributed by atoms with E-state index in [1.165, 1.54) is 17.7 Å². The number of imidazole rings is 1. The van der Waals surface area contributed by atoms with Crippen molar-refractivity contribution in [2.24, 2.45) is 0 Å². The van der Waals surface area contributed by atoms with Gasteiger partial charge in [0.25, 0.3) is 5.91 Å². The smallest absolute Gasteiger partial charge is 0.254 e. The minimum Gasteiger partial charge on any atom is -0.492 e. The molecule has 2 aliphatic heterocycles. The highest BCUT2D eigenvalue weighted by molar-refractivity contribution is 7.91. The zero-order valence-corrected chi connectivity index (χ0v) is 23.1. The number of hydrogen-bond donors (Lipinski definition) is 1. The lowest BCUT2D eigenvalue weighted by Gasteiger charge is -2.25. The number of benzene rings is 2. The largest absolute Gasteiger partial charge is 0.492 e. The molecule has 1 saturated heterocycles. The molecule has 2 unspecified atom stereocenters. The second kappa shape index (κ2) is 11.6. The van der Waals surface area contributed by atoms with E-state index in [-0.39, 0.29) is 35.4 Å². The van der Waals surface area contributed by atoms with Crippen LogP contribution in [0, 0.1) is 0 Å². The highest BCUT2D eigenvalue weighted by Crippen LogP contribution is 2.34. The maximum absolute atomic E-state index is 13.4. The van der Waals surface area contributed by atoms with Gasteiger partial charge in [-0.15, -0.1) is 0 Å². The molecule has 0 saturated carbocycles. The lowest BCUT2D eigenvalue weighted by atomic mass is 9.87. The predicted octanol–water partition coefficient (Wildman–Crippen LogP) is 4.35. The van der Waals surface area contributed by atoms with Gasteiger partial charge in [0.05, 0.1) is 41.2 Å². The SMILES string of the molecule is O=C(c1ccc(S(=O)(=O)CCOC2CCCCO2)cc1)N1CCOC2=C(CC(c3ccc4nc[nH]c4c3)C=C2)C1. The van der Waals surface area contributed by atoms with E-state index in [4.69, 9.17) is 14.2 Å². The fourth-order valence-corrected chi connectivity index (χ4v) is 6.55. The van der Waals surface area contributed by atoms with Crippen molar-refractivity contribution >= 4 is 26.8 Å². The summed E-state index contributed by atoms with van der Waals surface area (Å²) in [5, 5.41) is 0. The number of fused-ring (bicyclic) bond motifs is 1. The summed E-state index contributed by atoms with van der Waals surface area (Å²) >= 11 is 0. The van der Waals surface area contributed by atoms with Crippen LogP contribution in [0.15, 0.2) is 77.2 Å². The number of carbonyl (C=O) groups is 1. The average molecular weight is 564 g/mol. The van der Waals surface area contributed by atoms with Gasteiger partial charge in [-0.2, -0.15) is 0 Å². The quantitative estimate of drug-likeness (QED) is 0.455. The molecule has 2 aromatic carbocycles. The molecule has 3 heterocycles. The van der Waals surface area contributed by atoms with Crippen molar-refractivity contribution in [1.82, 2.24) is 14.9 Å². The van der Waals surface area contributed by atoms with Gasteiger partial charge in [0.1, 0.15) is 12.4 Å². The van der Waals surface area contributed by atoms with E-state index in [2.05, 4.69) is 28.2 Å². The third-order valence-corrected chi connectivity index (χ3v) is 9.40. The van der Waals surface area contributed by atoms with Crippen molar-refractivity contribution in [3.63, 3.8) is 0 Å². The summed E-state index contributed by atoms with van der Waals surface area (Å²) in [7, 11) is -3.54. The number of ether oxygens (including phenoxy) is 3. The van der Waals surface area contributed by atoms with Gasteiger partial charge in [-0.25, -0.2) is 13.4 Å². The molecule has 1 aliphatic carbocycles. The van der Waals surface area contributed by atoms with Gasteiger partial charge in [0.15, 0.2) is 16.1 Å². The van der Waals surface area contributed by atoms with Gasteiger partial charge in [-0.05, 0) is 79.3 Å². The summed E-state index contributed by atoms with van der Waals surface area (Å²) in [5.41, 5.74) is 4.62. The summed E-state index contributed by atoms with van der Waals surface area (Å²) in [4.78, 5) is 22.9. The topological polar surface area (TPSA) is 111 Å². The van der Waals surface area contributed by atoms with Crippen LogP contribution in [0.3, 0.4) is 0 Å². The van der Waals surface area contributed by atoms with E-state index >= 15 is 0 Å². The molecule has 1 N–H and O–H groups in total. The number of allylic oxidation sites excluding steroid dienone is 2. The van der Waals surface area contributed by atoms with Crippen LogP contribution in [0.1, 0.15) is 47.5 Å². The molecule has 3 aromatic rings. The lowest BCUT2D eigenvalue weighted by molar-refractivity contribution is -0.158. The fraction of sp³-hybridized carbons (Fsp3) is 0.400. The number of hydrogen-bond acceptors (Lipinski definition) is 7. The third kappa shape index (κ3) is 5.84. The van der Waals surface area contributed by atoms with Gasteiger partial charge in [-0.1, -0.05) is 12.1 Å². The van der Waals surface area contributed by atoms with Crippen LogP contribution >= 0.6 is 0 Å². The van der Waals surface area contributed by atoms with Gasteiger partial charge >= 0.3 is 0 Å². The lowest BCUT2D eigenvalue weighted by Crippen LogP contribution is -2.34. The summed E-state index contributed by atoms with van der Waals surface area (Å²) < 4.78 is 42.7. The highest BCUT2D eigenvalue weighted by Gasteiger charge is 2.27. The number of nitrogens with one attached hydrogen (secondary N) is 1. The number of aromatic nitrogens is 2. The minimum atomic E-state index is -3.54. The molecular formula is C30H33N3O6S. The third-order valence-electron chi connectivity index (χ3n) is 7.71. The monoisotopic (exact) mass is 563 g/mol. The Balaban J connectivity index is 1.09. The van der Waals surface area contributed by atoms with E-state index in [9.17, 15) is 13.2 Å². The maximum atomic E-state index is 13.4. The summed E-state index contributed by atoms with van der Waals surface area (Å²) in [6.45, 7) is 2.03. The number of nitrogens with zero attached hydrogens (tertiary/aromatic N) is 2. The van der Waals surface area contributed by atoms with E-state index in [0.717, 1.165) is 48.0 Å². The first-order chi connectivity index (χ1) is 19.5. The van der Waals surface area contributed by atoms with Crippen LogP contribution in [0.5, 0.6) is 0 Å². The molecule has 3 aliphatic rings. The minimum absolute atomic E-state index is 0.0735. The van der Waals surface area contributed by atoms with Gasteiger partial charge in [-0.3, -0.25) is 4.79 Å². The maximum Gasteiger partial charge on any atom is 0.254 e. The second-order valence-electron chi connectivity index (χ2n) is 10.4. The zero-order chi connectivity index (χ0) is 27.5. The number of sulfone groups is 1. The first-order valence-electron chi connectivity index (χ1n) is 13.8. The van der Waals surface area contributed by atoms with E-state index in [1.54, 1.807) is 23.4 Å². The number of rotatable bonds is 7. The summed E-state index contributed by atoms with van der Waals surface area (Å²) in [6, 6.07) is 12.4. The van der Waals surface area contributed by atoms with E-state index < -0.39 is 9.84 Å². The Kier molecular flexibility index (Phi) is 7.73. The van der Waals surface area contributed by atoms with Crippen molar-refractivity contribution in [3.8, 4) is 0 Å². The molecule has 0 radical (unpaired) electrons. The van der Waals surface area contributed by atoms with Crippen molar-refractivity contribution in [2.45, 2.75) is 42.8 Å². The normalized spacial score (nSPS) is 21.6. The predicted molar refractivity (Wildman–Crippen MR) is 150 cm³/mol. The van der Waals surface area contributed by atoms with Crippen LogP contribution in [-0.4, -0.2) is 74.1 Å². The number of H-pyrrole nitrogens is 1. The molecule has 9 nitrogen and oxygen atoms in total. The fourth-order valence-electron chi connectivity index (χ4n) is 5.45. The van der Waals surface area contributed by atoms with Gasteiger partial charge in [0, 0.05) is 24.6 Å². The van der Waals surface area contributed by atoms with Crippen LogP contribution in [0.4, 0.5) is 0 Å². The van der Waals surface area contributed by atoms with Gasteiger partial charge < -0.3 is 24.1 Å². The van der Waals surface area contributed by atoms with E-state index in [1.807, 2.05) is 12.1 Å². The van der Waals surface area contributed by atoms with Crippen LogP contribution < -0.4 is 0 Å². The molecular weight excluding hydrogens is 530 g/mol. The number of aromatic amines is 1. The molecule has 1 fully saturated rings. The van der Waals surface area contributed by atoms with Crippen LogP contribution in [0.2, 0.25) is 0 Å². The van der Waals surface area contributed by atoms with Crippen LogP contribution in [-0.2, 0) is 24.0 Å². The molecule has 10 heteroatoms. The Hall–Kier alpha value is -3.47. The average Bonchev–Trinajstić information content (AvgIpc) is 3.35. The van der Waals surface area contributed by atoms with Crippen molar-refractivity contribution in [2.75, 3.05) is 38.7 Å². The Bertz CT molecular complexity index is 1540. The number of carbonyl (C=O) groups excluding carboxylic acids is 1. The van der Waals surface area contributed by atoms with E-state index in [0.29, 0.717) is 31.9 Å². The molecule has 40 heavy (non-hydrogen) atoms. The highest BCUT2D eigenvalue weighted by atomic mass is 32.2. The molecule has 0 bridgehead atoms. The first kappa shape index (κ1) is 26.7. The van der Waals surface area contributed by atoms with Crippen LogP contribution in [0.25, 0.3) is 11.0 Å². The van der Waals surface area contributed by atoms with Crippen molar-refractivity contribution in [1.29, 1.82) is 0 Å². The standard InChI is InChI=1S/C30H33N3O6S/c34-30(21-4-8-25(9-5-21)40(35,36)16-15-39-29-3-1-2-13-38-29)33-12-14-37-28-11-7-22(17-24(28)19-33)23-6-10-26-27(18-23)32-20-31-26/h4-11,18,20,22,29H,1-3,12-17,19H2,(H,31,32).